The Hall–Kier alpha value is -4.15. The zero-order valence-corrected chi connectivity index (χ0v) is 33.0. The van der Waals surface area contributed by atoms with Crippen LogP contribution in [-0.2, 0) is 25.5 Å². The van der Waals surface area contributed by atoms with Crippen molar-refractivity contribution in [3.63, 3.8) is 0 Å². The molecular formula is C45H44IrN2OSi-2. The Morgan fingerprint density at radius 2 is 1.50 bits per heavy atom. The molecule has 8 rings (SSSR count). The molecule has 0 N–H and O–H groups in total. The summed E-state index contributed by atoms with van der Waals surface area (Å²) in [6.45, 7) is 11.8. The van der Waals surface area contributed by atoms with Gasteiger partial charge in [-0.05, 0) is 74.8 Å². The second kappa shape index (κ2) is 15.0. The fourth-order valence-electron chi connectivity index (χ4n) is 7.17. The first-order valence-electron chi connectivity index (χ1n) is 17.5. The van der Waals surface area contributed by atoms with Gasteiger partial charge >= 0.3 is 0 Å². The smallest absolute Gasteiger partial charge is 0.123 e. The molecule has 1 saturated carbocycles. The van der Waals surface area contributed by atoms with Gasteiger partial charge in [0.2, 0.25) is 0 Å². The van der Waals surface area contributed by atoms with Crippen LogP contribution in [0.25, 0.3) is 55.6 Å². The minimum Gasteiger partial charge on any atom is -0.477 e. The van der Waals surface area contributed by atoms with Gasteiger partial charge in [0, 0.05) is 32.5 Å². The van der Waals surface area contributed by atoms with Crippen LogP contribution in [0.3, 0.4) is 0 Å². The first-order chi connectivity index (χ1) is 23.7. The van der Waals surface area contributed by atoms with E-state index in [-0.39, 0.29) is 25.5 Å². The van der Waals surface area contributed by atoms with Crippen LogP contribution in [0.5, 0.6) is 0 Å². The number of para-hydroxylation sites is 1. The van der Waals surface area contributed by atoms with Crippen molar-refractivity contribution in [1.29, 1.82) is 0 Å². The second-order valence-corrected chi connectivity index (χ2v) is 19.9. The van der Waals surface area contributed by atoms with Crippen LogP contribution in [0.1, 0.15) is 45.1 Å². The van der Waals surface area contributed by atoms with Gasteiger partial charge in [-0.25, -0.2) is 0 Å². The summed E-state index contributed by atoms with van der Waals surface area (Å²) in [5.41, 5.74) is 9.50. The zero-order chi connectivity index (χ0) is 34.0. The Morgan fingerprint density at radius 3 is 2.20 bits per heavy atom. The average Bonchev–Trinajstić information content (AvgIpc) is 3.82. The maximum atomic E-state index is 6.27. The van der Waals surface area contributed by atoms with Crippen molar-refractivity contribution in [1.82, 2.24) is 9.97 Å². The quantitative estimate of drug-likeness (QED) is 0.124. The zero-order valence-electron chi connectivity index (χ0n) is 29.6. The molecule has 3 aromatic heterocycles. The number of furan rings is 1. The average molecular weight is 849 g/mol. The predicted octanol–water partition coefficient (Wildman–Crippen LogP) is 11.7. The van der Waals surface area contributed by atoms with E-state index in [0.717, 1.165) is 55.9 Å². The van der Waals surface area contributed by atoms with E-state index in [1.807, 2.05) is 48.8 Å². The Balaban J connectivity index is 0.000000215. The Morgan fingerprint density at radius 1 is 0.760 bits per heavy atom. The molecule has 7 aromatic rings. The molecule has 0 aliphatic heterocycles. The van der Waals surface area contributed by atoms with Gasteiger partial charge in [0.05, 0.1) is 13.7 Å². The SMILES string of the molecule is CC(C)(c1ccnc(-c2[c-]c3oc4ccccc4c3c(-c3ccccc3)c2)c1)C1CCCC1.C[Si](C)(C)c1ccc(-c2[c-]cccc2)nc1.[Ir]. The summed E-state index contributed by atoms with van der Waals surface area (Å²) in [7, 11) is -1.23. The molecule has 255 valence electrons. The number of nitrogens with zero attached hydrogens (tertiary/aromatic N) is 2. The number of hydrogen-bond acceptors (Lipinski definition) is 3. The van der Waals surface area contributed by atoms with Crippen molar-refractivity contribution in [3.8, 4) is 33.6 Å². The molecule has 0 amide bonds. The van der Waals surface area contributed by atoms with Crippen molar-refractivity contribution >= 4 is 35.2 Å². The van der Waals surface area contributed by atoms with Crippen LogP contribution in [0.2, 0.25) is 19.6 Å². The molecule has 5 heteroatoms. The number of fused-ring (bicyclic) bond motifs is 3. The molecule has 1 radical (unpaired) electrons. The van der Waals surface area contributed by atoms with Gasteiger partial charge < -0.3 is 14.4 Å². The van der Waals surface area contributed by atoms with Crippen LogP contribution in [0.4, 0.5) is 0 Å². The summed E-state index contributed by atoms with van der Waals surface area (Å²) in [5, 5.41) is 3.63. The number of rotatable bonds is 6. The van der Waals surface area contributed by atoms with E-state index in [0.29, 0.717) is 0 Å². The first kappa shape index (κ1) is 35.7. The van der Waals surface area contributed by atoms with Gasteiger partial charge in [0.1, 0.15) is 5.58 Å². The van der Waals surface area contributed by atoms with Gasteiger partial charge in [0.15, 0.2) is 0 Å². The number of hydrogen-bond donors (Lipinski definition) is 0. The molecule has 0 saturated heterocycles. The summed E-state index contributed by atoms with van der Waals surface area (Å²) in [6.07, 6.45) is 9.31. The molecule has 1 aliphatic rings. The Kier molecular flexibility index (Phi) is 10.7. The third kappa shape index (κ3) is 7.46. The minimum atomic E-state index is -1.23. The molecule has 0 bridgehead atoms. The van der Waals surface area contributed by atoms with E-state index in [1.165, 1.54) is 42.0 Å². The summed E-state index contributed by atoms with van der Waals surface area (Å²) in [5.74, 6) is 0.731. The molecule has 4 aromatic carbocycles. The molecule has 0 atom stereocenters. The van der Waals surface area contributed by atoms with Gasteiger partial charge in [-0.1, -0.05) is 125 Å². The minimum absolute atomic E-state index is 0. The molecule has 1 fully saturated rings. The standard InChI is InChI=1S/C31H28NO.C14H16NSi.Ir/c1-31(2,23-12-6-7-13-23)24-16-17-32-27(20-24)22-18-26(21-10-4-3-5-11-21)30-25-14-8-9-15-28(25)33-29(30)19-22;1-16(2,3)13-9-10-14(15-11-13)12-7-5-4-6-8-12;/h3-5,8-11,14-18,20,23H,6-7,12-13H2,1-2H3;4-7,9-11H,1-3H3;/q2*-1;. The predicted molar refractivity (Wildman–Crippen MR) is 208 cm³/mol. The van der Waals surface area contributed by atoms with Crippen LogP contribution < -0.4 is 5.19 Å². The molecule has 50 heavy (non-hydrogen) atoms. The largest absolute Gasteiger partial charge is 0.477 e. The van der Waals surface area contributed by atoms with Crippen molar-refractivity contribution in [2.45, 2.75) is 64.6 Å². The van der Waals surface area contributed by atoms with E-state index in [2.05, 4.69) is 123 Å². The molecular weight excluding hydrogens is 805 g/mol. The van der Waals surface area contributed by atoms with Crippen LogP contribution >= 0.6 is 0 Å². The molecule has 0 spiro atoms. The fourth-order valence-corrected chi connectivity index (χ4v) is 8.21. The maximum absolute atomic E-state index is 6.27. The first-order valence-corrected chi connectivity index (χ1v) is 21.0. The summed E-state index contributed by atoms with van der Waals surface area (Å²) >= 11 is 0. The third-order valence-electron chi connectivity index (χ3n) is 10.3. The summed E-state index contributed by atoms with van der Waals surface area (Å²) in [4.78, 5) is 9.29. The monoisotopic (exact) mass is 849 g/mol. The molecule has 3 nitrogen and oxygen atoms in total. The number of pyridine rings is 2. The van der Waals surface area contributed by atoms with Gasteiger partial charge in [-0.15, -0.1) is 47.5 Å². The van der Waals surface area contributed by atoms with Gasteiger partial charge in [-0.2, -0.15) is 0 Å². The normalized spacial score (nSPS) is 13.5. The van der Waals surface area contributed by atoms with Crippen molar-refractivity contribution in [2.24, 2.45) is 5.92 Å². The third-order valence-corrected chi connectivity index (χ3v) is 12.3. The van der Waals surface area contributed by atoms with Gasteiger partial charge in [0.25, 0.3) is 0 Å². The fraction of sp³-hybridized carbons (Fsp3) is 0.244. The van der Waals surface area contributed by atoms with E-state index >= 15 is 0 Å². The summed E-state index contributed by atoms with van der Waals surface area (Å²) < 4.78 is 6.27. The Bertz CT molecular complexity index is 2180. The molecule has 0 unspecified atom stereocenters. The Labute approximate surface area is 311 Å². The summed E-state index contributed by atoms with van der Waals surface area (Å²) in [6, 6.07) is 44.5. The maximum Gasteiger partial charge on any atom is 0.123 e. The van der Waals surface area contributed by atoms with Crippen LogP contribution in [-0.4, -0.2) is 18.0 Å². The van der Waals surface area contributed by atoms with Gasteiger partial charge in [-0.3, -0.25) is 0 Å². The topological polar surface area (TPSA) is 38.9 Å². The number of aromatic nitrogens is 2. The van der Waals surface area contributed by atoms with E-state index in [4.69, 9.17) is 9.40 Å². The van der Waals surface area contributed by atoms with Crippen molar-refractivity contribution in [2.75, 3.05) is 0 Å². The number of benzene rings is 4. The second-order valence-electron chi connectivity index (χ2n) is 14.9. The van der Waals surface area contributed by atoms with Crippen molar-refractivity contribution < 1.29 is 24.5 Å². The van der Waals surface area contributed by atoms with E-state index in [9.17, 15) is 0 Å². The van der Waals surface area contributed by atoms with Crippen LogP contribution in [0, 0.1) is 18.1 Å². The van der Waals surface area contributed by atoms with E-state index in [1.54, 1.807) is 0 Å². The molecule has 3 heterocycles. The molecule has 1 aliphatic carbocycles. The van der Waals surface area contributed by atoms with Crippen LogP contribution in [0.15, 0.2) is 126 Å². The van der Waals surface area contributed by atoms with Crippen molar-refractivity contribution in [3.05, 3.63) is 139 Å². The van der Waals surface area contributed by atoms with E-state index < -0.39 is 8.07 Å².